The molecule has 1 saturated heterocycles. The molecular weight excluding hydrogens is 259 g/mol. The van der Waals surface area contributed by atoms with Gasteiger partial charge in [0.1, 0.15) is 0 Å². The predicted octanol–water partition coefficient (Wildman–Crippen LogP) is 3.47. The topological polar surface area (TPSA) is 29.5 Å². The Morgan fingerprint density at radius 1 is 1.35 bits per heavy atom. The number of benzene rings is 1. The predicted molar refractivity (Wildman–Crippen MR) is 69.8 cm³/mol. The first-order valence-corrected chi connectivity index (χ1v) is 6.64. The maximum absolute atomic E-state index is 9.97. The Labute approximate surface area is 111 Å². The Kier molecular flexibility index (Phi) is 4.69. The number of halogens is 2. The van der Waals surface area contributed by atoms with Crippen LogP contribution in [-0.2, 0) is 11.2 Å². The molecule has 0 bridgehead atoms. The molecule has 0 radical (unpaired) electrons. The van der Waals surface area contributed by atoms with Crippen molar-refractivity contribution in [3.05, 3.63) is 33.8 Å². The summed E-state index contributed by atoms with van der Waals surface area (Å²) in [4.78, 5) is 0. The number of aliphatic hydroxyl groups is 1. The van der Waals surface area contributed by atoms with E-state index in [0.717, 1.165) is 25.0 Å². The minimum absolute atomic E-state index is 0.216. The van der Waals surface area contributed by atoms with Gasteiger partial charge in [-0.3, -0.25) is 0 Å². The van der Waals surface area contributed by atoms with Gasteiger partial charge in [0.25, 0.3) is 0 Å². The Balaban J connectivity index is 1.88. The van der Waals surface area contributed by atoms with Gasteiger partial charge in [-0.2, -0.15) is 0 Å². The third-order valence-corrected chi connectivity index (χ3v) is 3.75. The van der Waals surface area contributed by atoms with E-state index < -0.39 is 0 Å². The fraction of sp³-hybridized carbons (Fsp3) is 0.538. The van der Waals surface area contributed by atoms with Gasteiger partial charge in [-0.15, -0.1) is 0 Å². The molecule has 0 aromatic heterocycles. The molecule has 2 atom stereocenters. The van der Waals surface area contributed by atoms with Gasteiger partial charge in [-0.05, 0) is 43.4 Å². The highest BCUT2D eigenvalue weighted by atomic mass is 35.5. The van der Waals surface area contributed by atoms with Gasteiger partial charge in [0, 0.05) is 6.61 Å². The summed E-state index contributed by atoms with van der Waals surface area (Å²) < 4.78 is 5.50. The third kappa shape index (κ3) is 3.85. The lowest BCUT2D eigenvalue weighted by atomic mass is 10.0. The van der Waals surface area contributed by atoms with E-state index in [-0.39, 0.29) is 12.2 Å². The molecule has 1 heterocycles. The zero-order chi connectivity index (χ0) is 12.3. The van der Waals surface area contributed by atoms with E-state index in [1.807, 2.05) is 12.1 Å². The molecule has 0 saturated carbocycles. The quantitative estimate of drug-likeness (QED) is 0.911. The Hall–Kier alpha value is -0.280. The van der Waals surface area contributed by atoms with Crippen molar-refractivity contribution in [2.24, 2.45) is 0 Å². The van der Waals surface area contributed by atoms with Crippen LogP contribution in [0.15, 0.2) is 18.2 Å². The van der Waals surface area contributed by atoms with E-state index in [0.29, 0.717) is 22.9 Å². The molecule has 1 fully saturated rings. The molecule has 1 aliphatic heterocycles. The van der Waals surface area contributed by atoms with Crippen molar-refractivity contribution in [3.8, 4) is 0 Å². The molecule has 0 spiro atoms. The Morgan fingerprint density at radius 2 is 2.18 bits per heavy atom. The molecule has 94 valence electrons. The number of rotatable bonds is 4. The fourth-order valence-electron chi connectivity index (χ4n) is 2.16. The molecule has 1 N–H and O–H groups in total. The lowest BCUT2D eigenvalue weighted by Crippen LogP contribution is -2.19. The highest BCUT2D eigenvalue weighted by Gasteiger charge is 2.19. The summed E-state index contributed by atoms with van der Waals surface area (Å²) in [6.45, 7) is 0.824. The van der Waals surface area contributed by atoms with Gasteiger partial charge in [-0.1, -0.05) is 29.3 Å². The summed E-state index contributed by atoms with van der Waals surface area (Å²) in [6.07, 6.45) is 3.28. The minimum atomic E-state index is -0.379. The second-order valence-electron chi connectivity index (χ2n) is 4.48. The zero-order valence-electron chi connectivity index (χ0n) is 9.53. The van der Waals surface area contributed by atoms with Crippen molar-refractivity contribution in [2.75, 3.05) is 6.61 Å². The van der Waals surface area contributed by atoms with Gasteiger partial charge in [0.15, 0.2) is 0 Å². The first-order chi connectivity index (χ1) is 8.15. The largest absolute Gasteiger partial charge is 0.393 e. The molecule has 0 aliphatic carbocycles. The highest BCUT2D eigenvalue weighted by molar-refractivity contribution is 6.42. The first-order valence-electron chi connectivity index (χ1n) is 5.89. The van der Waals surface area contributed by atoms with Crippen molar-refractivity contribution < 1.29 is 9.84 Å². The van der Waals surface area contributed by atoms with Crippen LogP contribution in [-0.4, -0.2) is 23.9 Å². The molecule has 1 aliphatic rings. The van der Waals surface area contributed by atoms with Crippen molar-refractivity contribution in [3.63, 3.8) is 0 Å². The maximum Gasteiger partial charge on any atom is 0.0605 e. The number of hydrogen-bond acceptors (Lipinski definition) is 2. The Morgan fingerprint density at radius 3 is 2.82 bits per heavy atom. The summed E-state index contributed by atoms with van der Waals surface area (Å²) >= 11 is 11.8. The molecule has 2 rings (SSSR count). The standard InChI is InChI=1S/C13H16Cl2O2/c14-12-4-3-9(7-13(12)15)6-10(16)8-11-2-1-5-17-11/h3-4,7,10-11,16H,1-2,5-6,8H2. The van der Waals surface area contributed by atoms with Crippen LogP contribution in [0.2, 0.25) is 10.0 Å². The summed E-state index contributed by atoms with van der Waals surface area (Å²) in [5.74, 6) is 0. The van der Waals surface area contributed by atoms with Gasteiger partial charge in [0.05, 0.1) is 22.3 Å². The maximum atomic E-state index is 9.97. The monoisotopic (exact) mass is 274 g/mol. The van der Waals surface area contributed by atoms with E-state index >= 15 is 0 Å². The smallest absolute Gasteiger partial charge is 0.0605 e. The van der Waals surface area contributed by atoms with E-state index in [1.165, 1.54) is 0 Å². The molecule has 4 heteroatoms. The zero-order valence-corrected chi connectivity index (χ0v) is 11.0. The number of aliphatic hydroxyl groups excluding tert-OH is 1. The van der Waals surface area contributed by atoms with Crippen LogP contribution in [0.3, 0.4) is 0 Å². The van der Waals surface area contributed by atoms with Crippen molar-refractivity contribution in [2.45, 2.75) is 37.9 Å². The summed E-state index contributed by atoms with van der Waals surface area (Å²) in [5.41, 5.74) is 1.00. The highest BCUT2D eigenvalue weighted by Crippen LogP contribution is 2.24. The molecule has 0 amide bonds. The Bertz CT molecular complexity index is 376. The third-order valence-electron chi connectivity index (χ3n) is 3.01. The van der Waals surface area contributed by atoms with E-state index in [4.69, 9.17) is 27.9 Å². The lowest BCUT2D eigenvalue weighted by molar-refractivity contribution is 0.0541. The lowest BCUT2D eigenvalue weighted by Gasteiger charge is -2.15. The van der Waals surface area contributed by atoms with Crippen LogP contribution in [0.25, 0.3) is 0 Å². The minimum Gasteiger partial charge on any atom is -0.393 e. The van der Waals surface area contributed by atoms with Crippen molar-refractivity contribution in [1.82, 2.24) is 0 Å². The van der Waals surface area contributed by atoms with Crippen LogP contribution in [0.4, 0.5) is 0 Å². The number of hydrogen-bond donors (Lipinski definition) is 1. The first kappa shape index (κ1) is 13.2. The second-order valence-corrected chi connectivity index (χ2v) is 5.29. The molecule has 17 heavy (non-hydrogen) atoms. The fourth-order valence-corrected chi connectivity index (χ4v) is 2.48. The van der Waals surface area contributed by atoms with Crippen LogP contribution < -0.4 is 0 Å². The van der Waals surface area contributed by atoms with Crippen molar-refractivity contribution in [1.29, 1.82) is 0 Å². The van der Waals surface area contributed by atoms with E-state index in [2.05, 4.69) is 0 Å². The molecule has 1 aromatic rings. The van der Waals surface area contributed by atoms with Crippen LogP contribution in [0.5, 0.6) is 0 Å². The molecule has 1 aromatic carbocycles. The SMILES string of the molecule is OC(Cc1ccc(Cl)c(Cl)c1)CC1CCCO1. The van der Waals surface area contributed by atoms with Gasteiger partial charge >= 0.3 is 0 Å². The summed E-state index contributed by atoms with van der Waals surface area (Å²) in [7, 11) is 0. The number of ether oxygens (including phenoxy) is 1. The van der Waals surface area contributed by atoms with Crippen LogP contribution in [0, 0.1) is 0 Å². The average molecular weight is 275 g/mol. The van der Waals surface area contributed by atoms with Gasteiger partial charge < -0.3 is 9.84 Å². The van der Waals surface area contributed by atoms with Gasteiger partial charge in [0.2, 0.25) is 0 Å². The van der Waals surface area contributed by atoms with E-state index in [1.54, 1.807) is 6.07 Å². The second kappa shape index (κ2) is 6.05. The van der Waals surface area contributed by atoms with E-state index in [9.17, 15) is 5.11 Å². The normalized spacial score (nSPS) is 21.7. The van der Waals surface area contributed by atoms with Crippen molar-refractivity contribution >= 4 is 23.2 Å². The van der Waals surface area contributed by atoms with Gasteiger partial charge in [-0.25, -0.2) is 0 Å². The molecule has 2 nitrogen and oxygen atoms in total. The average Bonchev–Trinajstić information content (AvgIpc) is 2.76. The molecule has 2 unspecified atom stereocenters. The van der Waals surface area contributed by atoms with Crippen LogP contribution in [0.1, 0.15) is 24.8 Å². The van der Waals surface area contributed by atoms with Crippen LogP contribution >= 0.6 is 23.2 Å². The summed E-state index contributed by atoms with van der Waals surface area (Å²) in [6, 6.07) is 5.47. The molecular formula is C13H16Cl2O2. The summed E-state index contributed by atoms with van der Waals surface area (Å²) in [5, 5.41) is 11.0.